The van der Waals surface area contributed by atoms with Crippen LogP contribution in [-0.2, 0) is 6.18 Å². The number of amides is 1. The van der Waals surface area contributed by atoms with Crippen LogP contribution in [0.3, 0.4) is 0 Å². The zero-order valence-corrected chi connectivity index (χ0v) is 19.9. The van der Waals surface area contributed by atoms with Gasteiger partial charge in [0.2, 0.25) is 0 Å². The molecule has 180 valence electrons. The van der Waals surface area contributed by atoms with Gasteiger partial charge in [0, 0.05) is 12.6 Å². The molecule has 0 saturated heterocycles. The Hall–Kier alpha value is -2.02. The first-order valence-corrected chi connectivity index (χ1v) is 12.1. The predicted octanol–water partition coefficient (Wildman–Crippen LogP) is 6.16. The van der Waals surface area contributed by atoms with Gasteiger partial charge in [-0.1, -0.05) is 25.4 Å². The Morgan fingerprint density at radius 2 is 1.94 bits per heavy atom. The summed E-state index contributed by atoms with van der Waals surface area (Å²) in [4.78, 5) is 17.3. The number of rotatable bonds is 4. The van der Waals surface area contributed by atoms with E-state index in [2.05, 4.69) is 24.5 Å². The summed E-state index contributed by atoms with van der Waals surface area (Å²) >= 11 is 6.00. The first-order chi connectivity index (χ1) is 15.5. The fourth-order valence-electron chi connectivity index (χ4n) is 5.08. The van der Waals surface area contributed by atoms with Crippen LogP contribution in [0.2, 0.25) is 5.02 Å². The highest BCUT2D eigenvalue weighted by Gasteiger charge is 2.33. The third kappa shape index (κ3) is 5.73. The summed E-state index contributed by atoms with van der Waals surface area (Å²) in [5.74, 6) is 0.999. The molecule has 8 heteroatoms. The van der Waals surface area contributed by atoms with E-state index in [9.17, 15) is 18.0 Å². The van der Waals surface area contributed by atoms with E-state index in [1.807, 2.05) is 0 Å². The third-order valence-electron chi connectivity index (χ3n) is 7.18. The van der Waals surface area contributed by atoms with Crippen molar-refractivity contribution in [2.24, 2.45) is 16.3 Å². The summed E-state index contributed by atoms with van der Waals surface area (Å²) in [6.07, 6.45) is 2.39. The van der Waals surface area contributed by atoms with Crippen LogP contribution >= 0.6 is 11.6 Å². The molecule has 4 rings (SSSR count). The lowest BCUT2D eigenvalue weighted by atomic mass is 9.74. The van der Waals surface area contributed by atoms with Gasteiger partial charge in [0.1, 0.15) is 5.84 Å². The van der Waals surface area contributed by atoms with E-state index in [0.717, 1.165) is 75.6 Å². The summed E-state index contributed by atoms with van der Waals surface area (Å²) in [6.45, 7) is 6.31. The number of halogens is 4. The van der Waals surface area contributed by atoms with E-state index in [4.69, 9.17) is 16.6 Å². The molecule has 1 aliphatic heterocycles. The van der Waals surface area contributed by atoms with Crippen LogP contribution in [0.5, 0.6) is 0 Å². The lowest BCUT2D eigenvalue weighted by Gasteiger charge is -2.32. The summed E-state index contributed by atoms with van der Waals surface area (Å²) < 4.78 is 39.0. The Morgan fingerprint density at radius 1 is 1.21 bits per heavy atom. The van der Waals surface area contributed by atoms with Crippen molar-refractivity contribution in [1.82, 2.24) is 10.6 Å². The van der Waals surface area contributed by atoms with Crippen LogP contribution in [0.15, 0.2) is 34.3 Å². The van der Waals surface area contributed by atoms with E-state index in [-0.39, 0.29) is 16.6 Å². The van der Waals surface area contributed by atoms with E-state index in [1.165, 1.54) is 17.6 Å². The Bertz CT molecular complexity index is 976. The molecule has 1 aromatic rings. The lowest BCUT2D eigenvalue weighted by Crippen LogP contribution is -2.40. The maximum Gasteiger partial charge on any atom is 0.416 e. The van der Waals surface area contributed by atoms with Gasteiger partial charge in [0.15, 0.2) is 0 Å². The normalized spacial score (nSPS) is 24.8. The van der Waals surface area contributed by atoms with Crippen molar-refractivity contribution in [3.63, 3.8) is 0 Å². The molecule has 0 unspecified atom stereocenters. The largest absolute Gasteiger partial charge is 0.416 e. The number of nitrogens with zero attached hydrogens (tertiary/aromatic N) is 1. The zero-order chi connectivity index (χ0) is 23.8. The lowest BCUT2D eigenvalue weighted by molar-refractivity contribution is -0.137. The van der Waals surface area contributed by atoms with Crippen LogP contribution in [0.25, 0.3) is 0 Å². The number of hydrogen-bond donors (Lipinski definition) is 2. The molecular weight excluding hydrogens is 451 g/mol. The van der Waals surface area contributed by atoms with Crippen LogP contribution < -0.4 is 10.6 Å². The van der Waals surface area contributed by atoms with Crippen molar-refractivity contribution in [3.05, 3.63) is 45.5 Å². The molecular formula is C25H31ClF3N3O. The molecule has 1 amide bonds. The average Bonchev–Trinajstić information content (AvgIpc) is 3.13. The number of carbonyl (C=O) groups excluding carboxylic acids is 1. The minimum atomic E-state index is -4.52. The molecule has 1 fully saturated rings. The van der Waals surface area contributed by atoms with Crippen molar-refractivity contribution in [3.8, 4) is 0 Å². The molecule has 0 spiro atoms. The summed E-state index contributed by atoms with van der Waals surface area (Å²) in [5, 5.41) is 6.48. The van der Waals surface area contributed by atoms with Crippen molar-refractivity contribution in [2.45, 2.75) is 71.0 Å². The number of alkyl halides is 3. The number of hydrogen-bond acceptors (Lipinski definition) is 3. The molecule has 0 aromatic heterocycles. The molecule has 1 aromatic carbocycles. The van der Waals surface area contributed by atoms with Crippen molar-refractivity contribution in [1.29, 1.82) is 0 Å². The molecule has 0 radical (unpaired) electrons. The summed E-state index contributed by atoms with van der Waals surface area (Å²) in [5.41, 5.74) is 2.21. The van der Waals surface area contributed by atoms with Crippen LogP contribution in [0.1, 0.15) is 74.7 Å². The number of amidine groups is 1. The van der Waals surface area contributed by atoms with E-state index >= 15 is 0 Å². The first kappa shape index (κ1) is 24.1. The minimum absolute atomic E-state index is 0.0234. The van der Waals surface area contributed by atoms with E-state index in [0.29, 0.717) is 11.3 Å². The van der Waals surface area contributed by atoms with Gasteiger partial charge in [0.25, 0.3) is 5.91 Å². The molecule has 0 bridgehead atoms. The number of benzene rings is 1. The fourth-order valence-corrected chi connectivity index (χ4v) is 5.28. The quantitative estimate of drug-likeness (QED) is 0.541. The van der Waals surface area contributed by atoms with Crippen LogP contribution in [-0.4, -0.2) is 30.9 Å². The summed E-state index contributed by atoms with van der Waals surface area (Å²) in [6, 6.07) is 2.78. The number of aliphatic imine (C=N–C) groups is 1. The number of nitrogens with one attached hydrogen (secondary N) is 2. The second kappa shape index (κ2) is 9.32. The van der Waals surface area contributed by atoms with E-state index < -0.39 is 17.6 Å². The topological polar surface area (TPSA) is 53.5 Å². The average molecular weight is 482 g/mol. The zero-order valence-electron chi connectivity index (χ0n) is 19.1. The summed E-state index contributed by atoms with van der Waals surface area (Å²) in [7, 11) is 0. The molecule has 1 saturated carbocycles. The Labute approximate surface area is 198 Å². The van der Waals surface area contributed by atoms with Crippen LogP contribution in [0.4, 0.5) is 13.2 Å². The van der Waals surface area contributed by atoms with E-state index in [1.54, 1.807) is 0 Å². The van der Waals surface area contributed by atoms with Gasteiger partial charge < -0.3 is 10.6 Å². The highest BCUT2D eigenvalue weighted by atomic mass is 35.5. The molecule has 33 heavy (non-hydrogen) atoms. The van der Waals surface area contributed by atoms with Gasteiger partial charge in [-0.3, -0.25) is 9.79 Å². The van der Waals surface area contributed by atoms with Gasteiger partial charge >= 0.3 is 6.18 Å². The Balaban J connectivity index is 1.26. The van der Waals surface area contributed by atoms with Gasteiger partial charge in [0.05, 0.1) is 22.7 Å². The van der Waals surface area contributed by atoms with Crippen molar-refractivity contribution in [2.75, 3.05) is 13.1 Å². The highest BCUT2D eigenvalue weighted by molar-refractivity contribution is 6.33. The van der Waals surface area contributed by atoms with Gasteiger partial charge in [-0.15, -0.1) is 0 Å². The second-order valence-corrected chi connectivity index (χ2v) is 10.8. The van der Waals surface area contributed by atoms with Gasteiger partial charge in [-0.2, -0.15) is 13.2 Å². The molecule has 2 aliphatic carbocycles. The molecule has 4 nitrogen and oxygen atoms in total. The second-order valence-electron chi connectivity index (χ2n) is 10.4. The van der Waals surface area contributed by atoms with Gasteiger partial charge in [-0.25, -0.2) is 0 Å². The van der Waals surface area contributed by atoms with Crippen LogP contribution in [0, 0.1) is 11.3 Å². The standard InChI is InChI=1S/C25H31ClF3N3O/c1-24(2)10-9-16-14-31-22(20(16)12-24)30-13-15-3-6-18(7-4-15)32-23(33)19-11-17(25(27,28)29)5-8-21(19)26/h5,8,11,15,18H,3-4,6-7,9-10,12-14H2,1-2H3,(H,30,31)(H,32,33). The maximum atomic E-state index is 13.0. The highest BCUT2D eigenvalue weighted by Crippen LogP contribution is 2.41. The number of carbonyl (C=O) groups is 1. The Morgan fingerprint density at radius 3 is 2.64 bits per heavy atom. The first-order valence-electron chi connectivity index (χ1n) is 11.7. The fraction of sp³-hybridized carbons (Fsp3) is 0.600. The monoisotopic (exact) mass is 481 g/mol. The minimum Gasteiger partial charge on any atom is -0.370 e. The third-order valence-corrected chi connectivity index (χ3v) is 7.51. The van der Waals surface area contributed by atoms with Gasteiger partial charge in [-0.05, 0) is 85.6 Å². The smallest absolute Gasteiger partial charge is 0.370 e. The predicted molar refractivity (Wildman–Crippen MR) is 125 cm³/mol. The van der Waals surface area contributed by atoms with Crippen molar-refractivity contribution < 1.29 is 18.0 Å². The molecule has 3 aliphatic rings. The maximum absolute atomic E-state index is 13.0. The molecule has 1 heterocycles. The Kier molecular flexibility index (Phi) is 6.81. The molecule has 0 atom stereocenters. The molecule has 2 N–H and O–H groups in total. The van der Waals surface area contributed by atoms with Crippen molar-refractivity contribution >= 4 is 23.3 Å². The SMILES string of the molecule is CC1(C)CCC2=C(C1)C(NCC1CCC(NC(=O)c3cc(C(F)(F)F)ccc3Cl)CC1)=NC2.